The number of nitrogens with zero attached hydrogens (tertiary/aromatic N) is 4. The molecule has 1 aliphatic heterocycles. The molecule has 0 radical (unpaired) electrons. The van der Waals surface area contributed by atoms with E-state index in [1.165, 1.54) is 24.3 Å². The molecule has 1 aromatic heterocycles. The molecule has 7 nitrogen and oxygen atoms in total. The molecule has 0 bridgehead atoms. The molecule has 1 amide bonds. The molecule has 1 aromatic carbocycles. The lowest BCUT2D eigenvalue weighted by Gasteiger charge is -2.27. The monoisotopic (exact) mass is 272 g/mol. The van der Waals surface area contributed by atoms with Crippen molar-refractivity contribution in [3.8, 4) is 0 Å². The first-order valence-corrected chi connectivity index (χ1v) is 6.14. The average molecular weight is 272 g/mol. The number of carboxylic acids is 1. The van der Waals surface area contributed by atoms with Gasteiger partial charge in [-0.1, -0.05) is 0 Å². The number of carboxylic acid groups (broad SMARTS) is 1. The Kier molecular flexibility index (Phi) is 2.94. The lowest BCUT2D eigenvalue weighted by atomic mass is 10.1. The summed E-state index contributed by atoms with van der Waals surface area (Å²) in [5.74, 6) is -0.377. The molecule has 2 heterocycles. The van der Waals surface area contributed by atoms with E-state index >= 15 is 0 Å². The van der Waals surface area contributed by atoms with Gasteiger partial charge >= 0.3 is 5.97 Å². The smallest absolute Gasteiger partial charge is 0.335 e. The van der Waals surface area contributed by atoms with Crippen LogP contribution in [-0.2, 0) is 13.1 Å². The van der Waals surface area contributed by atoms with Gasteiger partial charge in [-0.3, -0.25) is 4.79 Å². The van der Waals surface area contributed by atoms with Crippen LogP contribution >= 0.6 is 0 Å². The van der Waals surface area contributed by atoms with E-state index in [9.17, 15) is 9.59 Å². The van der Waals surface area contributed by atoms with Gasteiger partial charge in [-0.25, -0.2) is 4.79 Å². The minimum Gasteiger partial charge on any atom is -0.478 e. The Morgan fingerprint density at radius 2 is 1.80 bits per heavy atom. The Morgan fingerprint density at radius 3 is 2.50 bits per heavy atom. The highest BCUT2D eigenvalue weighted by Gasteiger charge is 2.22. The molecule has 20 heavy (non-hydrogen) atoms. The summed E-state index contributed by atoms with van der Waals surface area (Å²) in [4.78, 5) is 24.8. The second-order valence-electron chi connectivity index (χ2n) is 4.55. The first-order valence-electron chi connectivity index (χ1n) is 6.14. The van der Waals surface area contributed by atoms with Gasteiger partial charge in [0.25, 0.3) is 5.91 Å². The zero-order valence-corrected chi connectivity index (χ0v) is 10.6. The maximum atomic E-state index is 12.3. The van der Waals surface area contributed by atoms with Gasteiger partial charge in [0.15, 0.2) is 5.82 Å². The fraction of sp³-hybridized carbons (Fsp3) is 0.231. The summed E-state index contributed by atoms with van der Waals surface area (Å²) >= 11 is 0. The van der Waals surface area contributed by atoms with Gasteiger partial charge in [0.05, 0.1) is 12.1 Å². The highest BCUT2D eigenvalue weighted by molar-refractivity contribution is 5.95. The van der Waals surface area contributed by atoms with Crippen molar-refractivity contribution in [1.29, 1.82) is 0 Å². The van der Waals surface area contributed by atoms with Crippen molar-refractivity contribution in [2.75, 3.05) is 6.54 Å². The predicted molar refractivity (Wildman–Crippen MR) is 68.2 cm³/mol. The standard InChI is InChI=1S/C13H12N4O3/c18-12(9-1-3-10(4-2-9)13(19)20)16-5-6-17-8-14-15-11(17)7-16/h1-4,8H,5-7H2,(H,19,20). The molecule has 0 spiro atoms. The molecule has 1 aliphatic rings. The number of amides is 1. The van der Waals surface area contributed by atoms with Gasteiger partial charge in [-0.15, -0.1) is 10.2 Å². The van der Waals surface area contributed by atoms with Crippen LogP contribution in [0, 0.1) is 0 Å². The topological polar surface area (TPSA) is 88.3 Å². The van der Waals surface area contributed by atoms with E-state index in [-0.39, 0.29) is 11.5 Å². The van der Waals surface area contributed by atoms with Crippen LogP contribution in [0.2, 0.25) is 0 Å². The third kappa shape index (κ3) is 2.13. The Hall–Kier alpha value is -2.70. The molecule has 3 rings (SSSR count). The van der Waals surface area contributed by atoms with E-state index < -0.39 is 5.97 Å². The molecule has 0 saturated heterocycles. The number of carbonyl (C=O) groups excluding carboxylic acids is 1. The van der Waals surface area contributed by atoms with Crippen molar-refractivity contribution in [2.24, 2.45) is 0 Å². The molecular weight excluding hydrogens is 260 g/mol. The van der Waals surface area contributed by atoms with Gasteiger partial charge in [0, 0.05) is 18.7 Å². The molecule has 0 unspecified atom stereocenters. The highest BCUT2D eigenvalue weighted by atomic mass is 16.4. The van der Waals surface area contributed by atoms with Crippen molar-refractivity contribution in [3.05, 3.63) is 47.5 Å². The molecule has 1 N–H and O–H groups in total. The minimum absolute atomic E-state index is 0.129. The third-order valence-electron chi connectivity index (χ3n) is 3.30. The second kappa shape index (κ2) is 4.76. The maximum absolute atomic E-state index is 12.3. The molecule has 0 atom stereocenters. The first-order chi connectivity index (χ1) is 9.65. The SMILES string of the molecule is O=C(O)c1ccc(C(=O)N2CCn3cnnc3C2)cc1. The lowest BCUT2D eigenvalue weighted by molar-refractivity contribution is 0.0688. The average Bonchev–Trinajstić information content (AvgIpc) is 2.94. The summed E-state index contributed by atoms with van der Waals surface area (Å²) in [6.45, 7) is 1.67. The Labute approximate surface area is 114 Å². The number of carbonyl (C=O) groups is 2. The van der Waals surface area contributed by atoms with Crippen molar-refractivity contribution in [1.82, 2.24) is 19.7 Å². The summed E-state index contributed by atoms with van der Waals surface area (Å²) in [5, 5.41) is 16.6. The van der Waals surface area contributed by atoms with E-state index in [2.05, 4.69) is 10.2 Å². The number of hydrogen-bond acceptors (Lipinski definition) is 4. The fourth-order valence-electron chi connectivity index (χ4n) is 2.18. The van der Waals surface area contributed by atoms with Crippen LogP contribution in [0.25, 0.3) is 0 Å². The Morgan fingerprint density at radius 1 is 1.10 bits per heavy atom. The Bertz CT molecular complexity index is 663. The largest absolute Gasteiger partial charge is 0.478 e. The second-order valence-corrected chi connectivity index (χ2v) is 4.55. The van der Waals surface area contributed by atoms with E-state index in [4.69, 9.17) is 5.11 Å². The van der Waals surface area contributed by atoms with Gasteiger partial charge in [0.2, 0.25) is 0 Å². The quantitative estimate of drug-likeness (QED) is 0.866. The minimum atomic E-state index is -1.00. The van der Waals surface area contributed by atoms with Crippen LogP contribution in [0.3, 0.4) is 0 Å². The van der Waals surface area contributed by atoms with Crippen LogP contribution in [0.1, 0.15) is 26.5 Å². The number of benzene rings is 1. The van der Waals surface area contributed by atoms with E-state index in [0.29, 0.717) is 25.2 Å². The van der Waals surface area contributed by atoms with Gasteiger partial charge in [-0.2, -0.15) is 0 Å². The summed E-state index contributed by atoms with van der Waals surface area (Å²) < 4.78 is 1.91. The number of aromatic carboxylic acids is 1. The first kappa shape index (κ1) is 12.3. The molecule has 0 saturated carbocycles. The van der Waals surface area contributed by atoms with Gasteiger partial charge in [0.1, 0.15) is 6.33 Å². The number of aromatic nitrogens is 3. The molecule has 102 valence electrons. The van der Waals surface area contributed by atoms with Crippen molar-refractivity contribution >= 4 is 11.9 Å². The zero-order chi connectivity index (χ0) is 14.1. The lowest BCUT2D eigenvalue weighted by Crippen LogP contribution is -2.38. The number of hydrogen-bond donors (Lipinski definition) is 1. The van der Waals surface area contributed by atoms with Gasteiger partial charge in [-0.05, 0) is 24.3 Å². The van der Waals surface area contributed by atoms with E-state index in [1.807, 2.05) is 4.57 Å². The molecule has 0 fully saturated rings. The molecule has 0 aliphatic carbocycles. The summed E-state index contributed by atoms with van der Waals surface area (Å²) in [7, 11) is 0. The highest BCUT2D eigenvalue weighted by Crippen LogP contribution is 2.14. The summed E-state index contributed by atoms with van der Waals surface area (Å²) in [6.07, 6.45) is 1.65. The molecule has 7 heteroatoms. The summed E-state index contributed by atoms with van der Waals surface area (Å²) in [5.41, 5.74) is 0.642. The number of fused-ring (bicyclic) bond motifs is 1. The zero-order valence-electron chi connectivity index (χ0n) is 10.6. The van der Waals surface area contributed by atoms with Crippen LogP contribution in [-0.4, -0.2) is 43.2 Å². The van der Waals surface area contributed by atoms with Crippen LogP contribution in [0.5, 0.6) is 0 Å². The Balaban J connectivity index is 1.78. The van der Waals surface area contributed by atoms with Crippen LogP contribution < -0.4 is 0 Å². The van der Waals surface area contributed by atoms with E-state index in [0.717, 1.165) is 5.82 Å². The summed E-state index contributed by atoms with van der Waals surface area (Å²) in [6, 6.07) is 5.93. The van der Waals surface area contributed by atoms with Crippen LogP contribution in [0.15, 0.2) is 30.6 Å². The predicted octanol–water partition coefficient (Wildman–Crippen LogP) is 0.632. The third-order valence-corrected chi connectivity index (χ3v) is 3.30. The number of rotatable bonds is 2. The van der Waals surface area contributed by atoms with Crippen molar-refractivity contribution < 1.29 is 14.7 Å². The molecular formula is C13H12N4O3. The van der Waals surface area contributed by atoms with Crippen LogP contribution in [0.4, 0.5) is 0 Å². The van der Waals surface area contributed by atoms with Crippen molar-refractivity contribution in [3.63, 3.8) is 0 Å². The molecule has 2 aromatic rings. The van der Waals surface area contributed by atoms with Crippen molar-refractivity contribution in [2.45, 2.75) is 13.1 Å². The van der Waals surface area contributed by atoms with Gasteiger partial charge < -0.3 is 14.6 Å². The fourth-order valence-corrected chi connectivity index (χ4v) is 2.18. The van der Waals surface area contributed by atoms with E-state index in [1.54, 1.807) is 11.2 Å². The normalized spacial score (nSPS) is 13.9. The maximum Gasteiger partial charge on any atom is 0.335 e.